The number of benzene rings is 1. The second-order valence-corrected chi connectivity index (χ2v) is 6.20. The molecule has 1 atom stereocenters. The molecule has 6 nitrogen and oxygen atoms in total. The summed E-state index contributed by atoms with van der Waals surface area (Å²) in [7, 11) is 1.41. The van der Waals surface area contributed by atoms with Crippen LogP contribution in [-0.2, 0) is 16.0 Å². The van der Waals surface area contributed by atoms with Crippen molar-refractivity contribution in [3.05, 3.63) is 29.6 Å². The molecule has 1 aromatic carbocycles. The lowest BCUT2D eigenvalue weighted by Crippen LogP contribution is -2.34. The van der Waals surface area contributed by atoms with Gasteiger partial charge in [0.2, 0.25) is 5.91 Å². The Labute approximate surface area is 140 Å². The van der Waals surface area contributed by atoms with Crippen molar-refractivity contribution < 1.29 is 23.5 Å². The molecule has 0 saturated carbocycles. The largest absolute Gasteiger partial charge is 0.494 e. The maximum atomic E-state index is 13.7. The summed E-state index contributed by atoms with van der Waals surface area (Å²) >= 11 is 0. The smallest absolute Gasteiger partial charge is 0.409 e. The van der Waals surface area contributed by atoms with E-state index in [2.05, 4.69) is 0 Å². The van der Waals surface area contributed by atoms with Crippen molar-refractivity contribution in [1.82, 2.24) is 9.80 Å². The van der Waals surface area contributed by atoms with Gasteiger partial charge in [-0.25, -0.2) is 9.18 Å². The molecule has 0 bridgehead atoms. The number of methoxy groups -OCH3 is 1. The average molecular weight is 336 g/mol. The van der Waals surface area contributed by atoms with Crippen molar-refractivity contribution in [2.45, 2.75) is 12.8 Å². The molecule has 0 aliphatic carbocycles. The van der Waals surface area contributed by atoms with E-state index in [1.807, 2.05) is 0 Å². The molecule has 24 heavy (non-hydrogen) atoms. The van der Waals surface area contributed by atoms with E-state index in [0.717, 1.165) is 6.42 Å². The van der Waals surface area contributed by atoms with Gasteiger partial charge >= 0.3 is 6.09 Å². The average Bonchev–Trinajstić information content (AvgIpc) is 3.18. The maximum Gasteiger partial charge on any atom is 0.409 e. The van der Waals surface area contributed by atoms with Gasteiger partial charge in [0.15, 0.2) is 11.6 Å². The van der Waals surface area contributed by atoms with Gasteiger partial charge in [0.05, 0.1) is 20.1 Å². The second kappa shape index (κ2) is 7.07. The van der Waals surface area contributed by atoms with Crippen LogP contribution in [0.25, 0.3) is 0 Å². The van der Waals surface area contributed by atoms with Crippen LogP contribution in [0.5, 0.6) is 5.75 Å². The zero-order chi connectivity index (χ0) is 17.1. The topological polar surface area (TPSA) is 59.1 Å². The minimum atomic E-state index is -0.463. The second-order valence-electron chi connectivity index (χ2n) is 6.20. The molecular formula is C17H21FN2O4. The number of carbonyl (C=O) groups excluding carboxylic acids is 2. The fourth-order valence-electron chi connectivity index (χ4n) is 3.22. The number of hydrogen-bond donors (Lipinski definition) is 0. The van der Waals surface area contributed by atoms with Crippen LogP contribution in [0.15, 0.2) is 18.2 Å². The van der Waals surface area contributed by atoms with E-state index in [4.69, 9.17) is 9.47 Å². The summed E-state index contributed by atoms with van der Waals surface area (Å²) in [5, 5.41) is 0. The fraction of sp³-hybridized carbons (Fsp3) is 0.529. The Bertz CT molecular complexity index is 637. The molecule has 2 amide bonds. The van der Waals surface area contributed by atoms with Crippen LogP contribution in [0.1, 0.15) is 12.0 Å². The fourth-order valence-corrected chi connectivity index (χ4v) is 3.22. The summed E-state index contributed by atoms with van der Waals surface area (Å²) in [6.45, 7) is 2.98. The number of likely N-dealkylation sites (tertiary alicyclic amines) is 1. The molecule has 2 aliphatic heterocycles. The van der Waals surface area contributed by atoms with Gasteiger partial charge in [0.1, 0.15) is 6.61 Å². The molecule has 3 rings (SSSR count). The van der Waals surface area contributed by atoms with Crippen LogP contribution in [-0.4, -0.2) is 61.7 Å². The first-order valence-electron chi connectivity index (χ1n) is 8.08. The minimum absolute atomic E-state index is 0.0222. The van der Waals surface area contributed by atoms with Gasteiger partial charge in [-0.2, -0.15) is 0 Å². The standard InChI is InChI=1S/C17H21FN2O4/c1-23-15-3-2-12(8-14(15)18)9-16(21)19-5-4-13(10-19)11-20-6-7-24-17(20)22/h2-3,8,13H,4-7,9-11H2,1H3. The predicted molar refractivity (Wildman–Crippen MR) is 84.3 cm³/mol. The lowest BCUT2D eigenvalue weighted by Gasteiger charge is -2.19. The number of nitrogens with zero attached hydrogens (tertiary/aromatic N) is 2. The van der Waals surface area contributed by atoms with E-state index in [9.17, 15) is 14.0 Å². The molecule has 2 aliphatic rings. The van der Waals surface area contributed by atoms with Crippen molar-refractivity contribution >= 4 is 12.0 Å². The quantitative estimate of drug-likeness (QED) is 0.821. The van der Waals surface area contributed by atoms with Crippen LogP contribution in [0.4, 0.5) is 9.18 Å². The van der Waals surface area contributed by atoms with Crippen LogP contribution < -0.4 is 4.74 Å². The SMILES string of the molecule is COc1ccc(CC(=O)N2CCC(CN3CCOC3=O)C2)cc1F. The molecule has 0 spiro atoms. The first kappa shape index (κ1) is 16.5. The van der Waals surface area contributed by atoms with Gasteiger partial charge < -0.3 is 19.3 Å². The molecule has 1 unspecified atom stereocenters. The number of hydrogen-bond acceptors (Lipinski definition) is 4. The maximum absolute atomic E-state index is 13.7. The van der Waals surface area contributed by atoms with Crippen molar-refractivity contribution in [1.29, 1.82) is 0 Å². The van der Waals surface area contributed by atoms with Crippen LogP contribution >= 0.6 is 0 Å². The molecule has 0 N–H and O–H groups in total. The number of ether oxygens (including phenoxy) is 2. The van der Waals surface area contributed by atoms with Gasteiger partial charge in [-0.3, -0.25) is 4.79 Å². The zero-order valence-electron chi connectivity index (χ0n) is 13.7. The molecule has 0 radical (unpaired) electrons. The highest BCUT2D eigenvalue weighted by atomic mass is 19.1. The summed E-state index contributed by atoms with van der Waals surface area (Å²) in [4.78, 5) is 27.4. The Hall–Kier alpha value is -2.31. The molecule has 2 saturated heterocycles. The molecule has 0 aromatic heterocycles. The van der Waals surface area contributed by atoms with Gasteiger partial charge in [-0.1, -0.05) is 6.07 Å². The third-order valence-corrected chi connectivity index (χ3v) is 4.53. The number of carbonyl (C=O) groups is 2. The van der Waals surface area contributed by atoms with E-state index in [0.29, 0.717) is 38.3 Å². The molecule has 130 valence electrons. The molecule has 2 heterocycles. The number of cyclic esters (lactones) is 1. The predicted octanol–water partition coefficient (Wildman–Crippen LogP) is 1.68. The zero-order valence-corrected chi connectivity index (χ0v) is 13.7. The van der Waals surface area contributed by atoms with Crippen molar-refractivity contribution in [2.75, 3.05) is 39.9 Å². The highest BCUT2D eigenvalue weighted by molar-refractivity contribution is 5.79. The summed E-state index contributed by atoms with van der Waals surface area (Å²) in [5.41, 5.74) is 0.630. The first-order valence-corrected chi connectivity index (χ1v) is 8.08. The van der Waals surface area contributed by atoms with E-state index in [-0.39, 0.29) is 30.1 Å². The van der Waals surface area contributed by atoms with Crippen molar-refractivity contribution in [2.24, 2.45) is 5.92 Å². The lowest BCUT2D eigenvalue weighted by atomic mass is 10.1. The Morgan fingerprint density at radius 3 is 2.92 bits per heavy atom. The Morgan fingerprint density at radius 2 is 2.25 bits per heavy atom. The van der Waals surface area contributed by atoms with Gasteiger partial charge in [0.25, 0.3) is 0 Å². The van der Waals surface area contributed by atoms with E-state index < -0.39 is 5.82 Å². The van der Waals surface area contributed by atoms with E-state index >= 15 is 0 Å². The number of rotatable bonds is 5. The van der Waals surface area contributed by atoms with Gasteiger partial charge in [0, 0.05) is 19.6 Å². The molecule has 7 heteroatoms. The van der Waals surface area contributed by atoms with Gasteiger partial charge in [-0.05, 0) is 30.0 Å². The Morgan fingerprint density at radius 1 is 1.42 bits per heavy atom. The van der Waals surface area contributed by atoms with Crippen LogP contribution in [0, 0.1) is 11.7 Å². The summed E-state index contributed by atoms with van der Waals surface area (Å²) < 4.78 is 23.5. The van der Waals surface area contributed by atoms with E-state index in [1.165, 1.54) is 19.2 Å². The van der Waals surface area contributed by atoms with Crippen LogP contribution in [0.2, 0.25) is 0 Å². The number of halogens is 1. The highest BCUT2D eigenvalue weighted by Gasteiger charge is 2.31. The first-order chi connectivity index (χ1) is 11.6. The monoisotopic (exact) mass is 336 g/mol. The molecular weight excluding hydrogens is 315 g/mol. The third kappa shape index (κ3) is 3.60. The summed E-state index contributed by atoms with van der Waals surface area (Å²) in [6.07, 6.45) is 0.764. The molecule has 2 fully saturated rings. The normalized spacial score (nSPS) is 20.4. The van der Waals surface area contributed by atoms with Crippen LogP contribution in [0.3, 0.4) is 0 Å². The van der Waals surface area contributed by atoms with Crippen molar-refractivity contribution in [3.8, 4) is 5.75 Å². The minimum Gasteiger partial charge on any atom is -0.494 e. The summed E-state index contributed by atoms with van der Waals surface area (Å²) in [5.74, 6) is -0.0437. The summed E-state index contributed by atoms with van der Waals surface area (Å²) in [6, 6.07) is 4.57. The Kier molecular flexibility index (Phi) is 4.87. The van der Waals surface area contributed by atoms with Gasteiger partial charge in [-0.15, -0.1) is 0 Å². The Balaban J connectivity index is 1.52. The highest BCUT2D eigenvalue weighted by Crippen LogP contribution is 2.22. The van der Waals surface area contributed by atoms with E-state index in [1.54, 1.807) is 15.9 Å². The lowest BCUT2D eigenvalue weighted by molar-refractivity contribution is -0.129. The third-order valence-electron chi connectivity index (χ3n) is 4.53. The number of amides is 2. The van der Waals surface area contributed by atoms with Crippen molar-refractivity contribution in [3.63, 3.8) is 0 Å². The molecule has 1 aromatic rings.